The van der Waals surface area contributed by atoms with Gasteiger partial charge in [0.2, 0.25) is 0 Å². The molecule has 0 saturated carbocycles. The number of nitrogens with zero attached hydrogens (tertiary/aromatic N) is 3. The van der Waals surface area contributed by atoms with Gasteiger partial charge in [-0.3, -0.25) is 5.10 Å². The van der Waals surface area contributed by atoms with Crippen LogP contribution in [0.5, 0.6) is 0 Å². The van der Waals surface area contributed by atoms with Crippen LogP contribution in [0.3, 0.4) is 0 Å². The molecule has 1 aliphatic rings. The first-order valence-corrected chi connectivity index (χ1v) is 7.73. The zero-order valence-corrected chi connectivity index (χ0v) is 13.0. The van der Waals surface area contributed by atoms with E-state index in [4.69, 9.17) is 11.6 Å². The summed E-state index contributed by atoms with van der Waals surface area (Å²) in [4.78, 5) is 5.99. The van der Waals surface area contributed by atoms with Crippen LogP contribution in [0.2, 0.25) is 5.15 Å². The van der Waals surface area contributed by atoms with Crippen molar-refractivity contribution in [3.05, 3.63) is 53.8 Å². The number of aromatic amines is 1. The van der Waals surface area contributed by atoms with Crippen molar-refractivity contribution in [2.45, 2.75) is 6.17 Å². The number of hydrogen-bond donors (Lipinski definition) is 1. The summed E-state index contributed by atoms with van der Waals surface area (Å²) in [6.45, 7) is 0.962. The second kappa shape index (κ2) is 5.66. The van der Waals surface area contributed by atoms with Crippen molar-refractivity contribution < 1.29 is 4.39 Å². The lowest BCUT2D eigenvalue weighted by Gasteiger charge is -2.36. The van der Waals surface area contributed by atoms with Gasteiger partial charge in [-0.05, 0) is 30.3 Å². The summed E-state index contributed by atoms with van der Waals surface area (Å²) < 4.78 is 12.9. The van der Waals surface area contributed by atoms with Crippen LogP contribution in [-0.2, 0) is 0 Å². The van der Waals surface area contributed by atoms with Gasteiger partial charge in [0, 0.05) is 23.0 Å². The van der Waals surface area contributed by atoms with Gasteiger partial charge in [-0.15, -0.1) is 0 Å². The Morgan fingerprint density at radius 2 is 1.87 bits per heavy atom. The SMILES string of the molecule is FC1CN(c2ccc(-c3cc(-c4ccnc(Cl)c4)[nH]n3)cc2)C1. The highest BCUT2D eigenvalue weighted by Gasteiger charge is 2.26. The quantitative estimate of drug-likeness (QED) is 0.740. The molecule has 0 bridgehead atoms. The topological polar surface area (TPSA) is 44.8 Å². The van der Waals surface area contributed by atoms with Crippen molar-refractivity contribution in [1.82, 2.24) is 15.2 Å². The van der Waals surface area contributed by atoms with Crippen LogP contribution in [0.15, 0.2) is 48.7 Å². The van der Waals surface area contributed by atoms with Gasteiger partial charge in [0.05, 0.1) is 24.5 Å². The molecule has 0 unspecified atom stereocenters. The molecule has 1 N–H and O–H groups in total. The minimum atomic E-state index is -0.698. The zero-order chi connectivity index (χ0) is 15.8. The van der Waals surface area contributed by atoms with E-state index in [-0.39, 0.29) is 0 Å². The number of anilines is 1. The predicted molar refractivity (Wildman–Crippen MR) is 89.4 cm³/mol. The molecule has 1 aliphatic heterocycles. The van der Waals surface area contributed by atoms with E-state index in [1.54, 1.807) is 12.3 Å². The standard InChI is InChI=1S/C17H14ClFN4/c18-17-7-12(5-6-20-17)16-8-15(21-22-16)11-1-3-14(4-2-11)23-9-13(19)10-23/h1-8,13H,9-10H2,(H,21,22). The third-order valence-corrected chi connectivity index (χ3v) is 4.19. The van der Waals surface area contributed by atoms with E-state index in [1.807, 2.05) is 41.3 Å². The lowest BCUT2D eigenvalue weighted by atomic mass is 10.1. The molecule has 4 nitrogen and oxygen atoms in total. The van der Waals surface area contributed by atoms with Crippen molar-refractivity contribution in [3.8, 4) is 22.5 Å². The first kappa shape index (κ1) is 14.2. The number of alkyl halides is 1. The monoisotopic (exact) mass is 328 g/mol. The summed E-state index contributed by atoms with van der Waals surface area (Å²) in [6, 6.07) is 13.6. The van der Waals surface area contributed by atoms with Crippen LogP contribution < -0.4 is 4.90 Å². The van der Waals surface area contributed by atoms with Crippen LogP contribution >= 0.6 is 11.6 Å². The minimum absolute atomic E-state index is 0.448. The predicted octanol–water partition coefficient (Wildman–Crippen LogP) is 3.95. The molecule has 1 fully saturated rings. The molecule has 23 heavy (non-hydrogen) atoms. The van der Waals surface area contributed by atoms with E-state index in [1.165, 1.54) is 0 Å². The van der Waals surface area contributed by atoms with E-state index in [0.29, 0.717) is 18.2 Å². The second-order valence-corrected chi connectivity index (χ2v) is 5.97. The Balaban J connectivity index is 1.57. The van der Waals surface area contributed by atoms with E-state index in [2.05, 4.69) is 15.2 Å². The number of aromatic nitrogens is 3. The number of H-pyrrole nitrogens is 1. The van der Waals surface area contributed by atoms with E-state index >= 15 is 0 Å². The number of halogens is 2. The van der Waals surface area contributed by atoms with Crippen molar-refractivity contribution >= 4 is 17.3 Å². The fraction of sp³-hybridized carbons (Fsp3) is 0.176. The molecule has 0 atom stereocenters. The average Bonchev–Trinajstić information content (AvgIpc) is 3.02. The average molecular weight is 329 g/mol. The maximum atomic E-state index is 12.9. The number of hydrogen-bond acceptors (Lipinski definition) is 3. The van der Waals surface area contributed by atoms with E-state index in [9.17, 15) is 4.39 Å². The van der Waals surface area contributed by atoms with Gasteiger partial charge in [-0.25, -0.2) is 9.37 Å². The molecule has 3 aromatic rings. The number of rotatable bonds is 3. The van der Waals surface area contributed by atoms with Crippen LogP contribution in [0.1, 0.15) is 0 Å². The van der Waals surface area contributed by atoms with Crippen LogP contribution in [-0.4, -0.2) is 34.4 Å². The normalized spacial score (nSPS) is 14.8. The molecule has 3 heterocycles. The molecule has 4 rings (SSSR count). The van der Waals surface area contributed by atoms with Crippen molar-refractivity contribution in [2.75, 3.05) is 18.0 Å². The Bertz CT molecular complexity index is 825. The molecule has 0 amide bonds. The Labute approximate surface area is 137 Å². The van der Waals surface area contributed by atoms with Crippen molar-refractivity contribution in [2.24, 2.45) is 0 Å². The van der Waals surface area contributed by atoms with E-state index in [0.717, 1.165) is 28.2 Å². The van der Waals surface area contributed by atoms with Gasteiger partial charge < -0.3 is 4.90 Å². The molecule has 0 aliphatic carbocycles. The Morgan fingerprint density at radius 1 is 1.09 bits per heavy atom. The van der Waals surface area contributed by atoms with Gasteiger partial charge in [-0.2, -0.15) is 5.10 Å². The van der Waals surface area contributed by atoms with Crippen molar-refractivity contribution in [1.29, 1.82) is 0 Å². The van der Waals surface area contributed by atoms with Gasteiger partial charge in [0.15, 0.2) is 0 Å². The van der Waals surface area contributed by atoms with Crippen LogP contribution in [0.25, 0.3) is 22.5 Å². The number of nitrogens with one attached hydrogen (secondary N) is 1. The van der Waals surface area contributed by atoms with Crippen molar-refractivity contribution in [3.63, 3.8) is 0 Å². The molecule has 116 valence electrons. The maximum Gasteiger partial charge on any atom is 0.135 e. The Hall–Kier alpha value is -2.40. The summed E-state index contributed by atoms with van der Waals surface area (Å²) in [7, 11) is 0. The summed E-state index contributed by atoms with van der Waals surface area (Å²) in [5.41, 5.74) is 4.73. The molecule has 6 heteroatoms. The number of benzene rings is 1. The highest BCUT2D eigenvalue weighted by molar-refractivity contribution is 6.29. The van der Waals surface area contributed by atoms with Crippen LogP contribution in [0.4, 0.5) is 10.1 Å². The van der Waals surface area contributed by atoms with Gasteiger partial charge >= 0.3 is 0 Å². The summed E-state index contributed by atoms with van der Waals surface area (Å²) in [5.74, 6) is 0. The molecule has 1 aromatic carbocycles. The highest BCUT2D eigenvalue weighted by Crippen LogP contribution is 2.28. The number of pyridine rings is 1. The zero-order valence-electron chi connectivity index (χ0n) is 12.2. The lowest BCUT2D eigenvalue weighted by molar-refractivity contribution is 0.275. The molecule has 0 radical (unpaired) electrons. The second-order valence-electron chi connectivity index (χ2n) is 5.58. The van der Waals surface area contributed by atoms with Gasteiger partial charge in [0.25, 0.3) is 0 Å². The minimum Gasteiger partial charge on any atom is -0.366 e. The van der Waals surface area contributed by atoms with Gasteiger partial charge in [0.1, 0.15) is 11.3 Å². The van der Waals surface area contributed by atoms with Gasteiger partial charge in [-0.1, -0.05) is 23.7 Å². The Kier molecular flexibility index (Phi) is 3.50. The molecule has 2 aromatic heterocycles. The smallest absolute Gasteiger partial charge is 0.135 e. The third-order valence-electron chi connectivity index (χ3n) is 3.98. The molecule has 1 saturated heterocycles. The molecular weight excluding hydrogens is 315 g/mol. The highest BCUT2D eigenvalue weighted by atomic mass is 35.5. The first-order valence-electron chi connectivity index (χ1n) is 7.36. The summed E-state index contributed by atoms with van der Waals surface area (Å²) in [6.07, 6.45) is 0.966. The molecular formula is C17H14ClFN4. The third kappa shape index (κ3) is 2.80. The maximum absolute atomic E-state index is 12.9. The summed E-state index contributed by atoms with van der Waals surface area (Å²) in [5, 5.41) is 7.82. The largest absolute Gasteiger partial charge is 0.366 e. The van der Waals surface area contributed by atoms with Crippen LogP contribution in [0, 0.1) is 0 Å². The lowest BCUT2D eigenvalue weighted by Crippen LogP contribution is -2.48. The first-order chi connectivity index (χ1) is 11.2. The van der Waals surface area contributed by atoms with E-state index < -0.39 is 6.17 Å². The summed E-state index contributed by atoms with van der Waals surface area (Å²) >= 11 is 5.92. The fourth-order valence-corrected chi connectivity index (χ4v) is 2.84. The molecule has 0 spiro atoms. The fourth-order valence-electron chi connectivity index (χ4n) is 2.67. The Morgan fingerprint density at radius 3 is 2.57 bits per heavy atom.